The number of carbonyl (C=O) groups is 1. The first-order valence-corrected chi connectivity index (χ1v) is 12.1. The van der Waals surface area contributed by atoms with Crippen LogP contribution in [0.3, 0.4) is 0 Å². The molecular weight excluding hydrogens is 406 g/mol. The number of hydrogen-bond donors (Lipinski definition) is 1. The highest BCUT2D eigenvalue weighted by Gasteiger charge is 2.27. The number of piperazine rings is 1. The van der Waals surface area contributed by atoms with E-state index in [1.54, 1.807) is 0 Å². The van der Waals surface area contributed by atoms with Gasteiger partial charge in [-0.25, -0.2) is 0 Å². The summed E-state index contributed by atoms with van der Waals surface area (Å²) in [6, 6.07) is 29.4. The minimum absolute atomic E-state index is 0.211. The van der Waals surface area contributed by atoms with E-state index in [1.807, 2.05) is 23.1 Å². The Bertz CT molecular complexity index is 980. The summed E-state index contributed by atoms with van der Waals surface area (Å²) in [6.07, 6.45) is 1.75. The Morgan fingerprint density at radius 1 is 0.758 bits per heavy atom. The van der Waals surface area contributed by atoms with E-state index in [2.05, 4.69) is 83.9 Å². The zero-order chi connectivity index (χ0) is 22.9. The second kappa shape index (κ2) is 11.8. The second-order valence-corrected chi connectivity index (χ2v) is 8.88. The van der Waals surface area contributed by atoms with Crippen LogP contribution in [0.15, 0.2) is 84.9 Å². The van der Waals surface area contributed by atoms with Crippen LogP contribution in [0.25, 0.3) is 0 Å². The average molecular weight is 442 g/mol. The summed E-state index contributed by atoms with van der Waals surface area (Å²) >= 11 is 0. The maximum atomic E-state index is 13.5. The van der Waals surface area contributed by atoms with E-state index < -0.39 is 0 Å². The van der Waals surface area contributed by atoms with Crippen LogP contribution in [0.4, 0.5) is 0 Å². The monoisotopic (exact) mass is 441 g/mol. The molecule has 1 aliphatic heterocycles. The first-order valence-electron chi connectivity index (χ1n) is 12.1. The first kappa shape index (κ1) is 23.2. The Morgan fingerprint density at radius 3 is 1.94 bits per heavy atom. The van der Waals surface area contributed by atoms with Crippen molar-refractivity contribution in [3.8, 4) is 0 Å². The Labute approximate surface area is 198 Å². The van der Waals surface area contributed by atoms with Crippen molar-refractivity contribution in [3.63, 3.8) is 0 Å². The third-order valence-electron chi connectivity index (χ3n) is 6.50. The van der Waals surface area contributed by atoms with Crippen LogP contribution in [-0.4, -0.2) is 47.9 Å². The van der Waals surface area contributed by atoms with Gasteiger partial charge in [0.05, 0.1) is 6.04 Å². The SMILES string of the molecule is CCc1ccc(CN[C@@H](Cc2ccccc2)C(=O)N2CCN(Cc3ccccc3)CC2)cc1. The number of amides is 1. The van der Waals surface area contributed by atoms with E-state index in [4.69, 9.17) is 0 Å². The molecule has 33 heavy (non-hydrogen) atoms. The molecule has 4 nitrogen and oxygen atoms in total. The minimum Gasteiger partial charge on any atom is -0.339 e. The van der Waals surface area contributed by atoms with E-state index >= 15 is 0 Å². The molecule has 1 saturated heterocycles. The number of nitrogens with one attached hydrogen (secondary N) is 1. The molecule has 0 unspecified atom stereocenters. The van der Waals surface area contributed by atoms with Crippen molar-refractivity contribution in [3.05, 3.63) is 107 Å². The number of carbonyl (C=O) groups excluding carboxylic acids is 1. The van der Waals surface area contributed by atoms with Gasteiger partial charge in [-0.3, -0.25) is 9.69 Å². The van der Waals surface area contributed by atoms with E-state index in [-0.39, 0.29) is 11.9 Å². The molecule has 0 radical (unpaired) electrons. The number of aryl methyl sites for hydroxylation is 1. The number of rotatable bonds is 9. The molecule has 1 heterocycles. The smallest absolute Gasteiger partial charge is 0.240 e. The zero-order valence-corrected chi connectivity index (χ0v) is 19.6. The molecule has 1 amide bonds. The van der Waals surface area contributed by atoms with Gasteiger partial charge in [-0.15, -0.1) is 0 Å². The molecule has 172 valence electrons. The Hall–Kier alpha value is -2.95. The molecular formula is C29H35N3O. The third-order valence-corrected chi connectivity index (χ3v) is 6.50. The van der Waals surface area contributed by atoms with E-state index in [0.29, 0.717) is 13.0 Å². The first-order chi connectivity index (χ1) is 16.2. The largest absolute Gasteiger partial charge is 0.339 e. The zero-order valence-electron chi connectivity index (χ0n) is 19.6. The van der Waals surface area contributed by atoms with Crippen molar-refractivity contribution in [1.82, 2.24) is 15.1 Å². The fourth-order valence-electron chi connectivity index (χ4n) is 4.42. The lowest BCUT2D eigenvalue weighted by molar-refractivity contribution is -0.135. The summed E-state index contributed by atoms with van der Waals surface area (Å²) in [5.41, 5.74) is 5.07. The lowest BCUT2D eigenvalue weighted by atomic mass is 10.0. The maximum absolute atomic E-state index is 13.5. The van der Waals surface area contributed by atoms with Crippen molar-refractivity contribution >= 4 is 5.91 Å². The van der Waals surface area contributed by atoms with E-state index in [9.17, 15) is 4.79 Å². The molecule has 4 rings (SSSR count). The molecule has 0 aromatic heterocycles. The van der Waals surface area contributed by atoms with Gasteiger partial charge in [-0.1, -0.05) is 91.9 Å². The highest BCUT2D eigenvalue weighted by atomic mass is 16.2. The predicted octanol–water partition coefficient (Wildman–Crippen LogP) is 4.29. The van der Waals surface area contributed by atoms with Crippen molar-refractivity contribution in [1.29, 1.82) is 0 Å². The topological polar surface area (TPSA) is 35.6 Å². The molecule has 0 saturated carbocycles. The second-order valence-electron chi connectivity index (χ2n) is 8.88. The van der Waals surface area contributed by atoms with Crippen LogP contribution < -0.4 is 5.32 Å². The maximum Gasteiger partial charge on any atom is 0.240 e. The Balaban J connectivity index is 1.37. The summed E-state index contributed by atoms with van der Waals surface area (Å²) in [5.74, 6) is 0.211. The van der Waals surface area contributed by atoms with Crippen molar-refractivity contribution in [2.24, 2.45) is 0 Å². The third kappa shape index (κ3) is 6.77. The van der Waals surface area contributed by atoms with Gasteiger partial charge in [0.2, 0.25) is 5.91 Å². The van der Waals surface area contributed by atoms with Gasteiger partial charge in [0, 0.05) is 39.3 Å². The molecule has 0 aliphatic carbocycles. The quantitative estimate of drug-likeness (QED) is 0.538. The number of nitrogens with zero attached hydrogens (tertiary/aromatic N) is 2. The molecule has 1 N–H and O–H groups in total. The Morgan fingerprint density at radius 2 is 1.33 bits per heavy atom. The number of hydrogen-bond acceptors (Lipinski definition) is 3. The van der Waals surface area contributed by atoms with E-state index in [1.165, 1.54) is 22.3 Å². The van der Waals surface area contributed by atoms with Gasteiger partial charge in [-0.05, 0) is 35.1 Å². The summed E-state index contributed by atoms with van der Waals surface area (Å²) < 4.78 is 0. The number of benzene rings is 3. The lowest BCUT2D eigenvalue weighted by Crippen LogP contribution is -2.54. The molecule has 4 heteroatoms. The van der Waals surface area contributed by atoms with Gasteiger partial charge in [0.1, 0.15) is 0 Å². The van der Waals surface area contributed by atoms with Gasteiger partial charge >= 0.3 is 0 Å². The van der Waals surface area contributed by atoms with Gasteiger partial charge < -0.3 is 10.2 Å². The summed E-state index contributed by atoms with van der Waals surface area (Å²) in [5, 5.41) is 3.57. The molecule has 1 fully saturated rings. The highest BCUT2D eigenvalue weighted by molar-refractivity contribution is 5.82. The van der Waals surface area contributed by atoms with Crippen molar-refractivity contribution < 1.29 is 4.79 Å². The van der Waals surface area contributed by atoms with Crippen molar-refractivity contribution in [2.75, 3.05) is 26.2 Å². The molecule has 0 spiro atoms. The van der Waals surface area contributed by atoms with Crippen LogP contribution in [0.5, 0.6) is 0 Å². The molecule has 3 aromatic rings. The van der Waals surface area contributed by atoms with Crippen molar-refractivity contribution in [2.45, 2.75) is 38.9 Å². The molecule has 1 aliphatic rings. The summed E-state index contributed by atoms with van der Waals surface area (Å²) in [7, 11) is 0. The Kier molecular flexibility index (Phi) is 8.29. The predicted molar refractivity (Wildman–Crippen MR) is 135 cm³/mol. The van der Waals surface area contributed by atoms with Crippen LogP contribution in [-0.2, 0) is 30.7 Å². The molecule has 1 atom stereocenters. The fraction of sp³-hybridized carbons (Fsp3) is 0.345. The highest BCUT2D eigenvalue weighted by Crippen LogP contribution is 2.13. The van der Waals surface area contributed by atoms with Crippen LogP contribution in [0.1, 0.15) is 29.2 Å². The van der Waals surface area contributed by atoms with Crippen LogP contribution in [0.2, 0.25) is 0 Å². The normalized spacial score (nSPS) is 15.4. The van der Waals surface area contributed by atoms with Gasteiger partial charge in [-0.2, -0.15) is 0 Å². The standard InChI is InChI=1S/C29H35N3O/c1-2-24-13-15-26(16-14-24)22-30-28(21-25-9-5-3-6-10-25)29(33)32-19-17-31(18-20-32)23-27-11-7-4-8-12-27/h3-16,28,30H,2,17-23H2,1H3/t28-/m0/s1. The van der Waals surface area contributed by atoms with E-state index in [0.717, 1.165) is 39.1 Å². The summed E-state index contributed by atoms with van der Waals surface area (Å²) in [4.78, 5) is 18.0. The lowest BCUT2D eigenvalue weighted by Gasteiger charge is -2.36. The van der Waals surface area contributed by atoms with Crippen LogP contribution >= 0.6 is 0 Å². The van der Waals surface area contributed by atoms with Gasteiger partial charge in [0.15, 0.2) is 0 Å². The fourth-order valence-corrected chi connectivity index (χ4v) is 4.42. The van der Waals surface area contributed by atoms with Crippen LogP contribution in [0, 0.1) is 0 Å². The minimum atomic E-state index is -0.223. The van der Waals surface area contributed by atoms with Gasteiger partial charge in [0.25, 0.3) is 0 Å². The average Bonchev–Trinajstić information content (AvgIpc) is 2.88. The summed E-state index contributed by atoms with van der Waals surface area (Å²) in [6.45, 7) is 7.20. The molecule has 0 bridgehead atoms. The molecule has 3 aromatic carbocycles.